The molecule has 5 nitrogen and oxygen atoms in total. The average Bonchev–Trinajstić information content (AvgIpc) is 2.62. The molecule has 0 bridgehead atoms. The Balaban J connectivity index is 1.80. The summed E-state index contributed by atoms with van der Waals surface area (Å²) < 4.78 is 0. The van der Waals surface area contributed by atoms with E-state index in [1.165, 1.54) is 11.1 Å². The summed E-state index contributed by atoms with van der Waals surface area (Å²) in [6.45, 7) is 6.92. The molecule has 1 aromatic carbocycles. The van der Waals surface area contributed by atoms with Crippen LogP contribution < -0.4 is 10.6 Å². The van der Waals surface area contributed by atoms with Crippen molar-refractivity contribution in [3.63, 3.8) is 0 Å². The number of hydrogen-bond donors (Lipinski definition) is 2. The second-order valence-corrected chi connectivity index (χ2v) is 6.01. The highest BCUT2D eigenvalue weighted by molar-refractivity contribution is 5.64. The standard InChI is InChI=1S/C20H23N5/c1-4-17-7-5-6-14(2)19(17)25-20-23-15(3)12-18(24-20)22-13-16-8-10-21-11-9-16/h5-12H,4,13H2,1-3H3,(H2,22,23,24,25). The van der Waals surface area contributed by atoms with E-state index < -0.39 is 0 Å². The molecule has 5 heteroatoms. The third-order valence-corrected chi connectivity index (χ3v) is 4.05. The smallest absolute Gasteiger partial charge is 0.229 e. The molecule has 25 heavy (non-hydrogen) atoms. The Labute approximate surface area is 148 Å². The number of hydrogen-bond acceptors (Lipinski definition) is 5. The van der Waals surface area contributed by atoms with E-state index in [-0.39, 0.29) is 0 Å². The second kappa shape index (κ2) is 7.75. The fraction of sp³-hybridized carbons (Fsp3) is 0.250. The van der Waals surface area contributed by atoms with E-state index >= 15 is 0 Å². The number of pyridine rings is 1. The minimum Gasteiger partial charge on any atom is -0.366 e. The lowest BCUT2D eigenvalue weighted by Gasteiger charge is -2.14. The van der Waals surface area contributed by atoms with Crippen molar-refractivity contribution in [1.29, 1.82) is 0 Å². The van der Waals surface area contributed by atoms with Gasteiger partial charge in [-0.25, -0.2) is 4.98 Å². The third-order valence-electron chi connectivity index (χ3n) is 4.05. The molecule has 3 rings (SSSR count). The first-order chi connectivity index (χ1) is 12.2. The highest BCUT2D eigenvalue weighted by Crippen LogP contribution is 2.24. The van der Waals surface area contributed by atoms with Crippen LogP contribution in [0, 0.1) is 13.8 Å². The zero-order chi connectivity index (χ0) is 17.6. The van der Waals surface area contributed by atoms with Gasteiger partial charge in [-0.1, -0.05) is 25.1 Å². The van der Waals surface area contributed by atoms with Gasteiger partial charge in [0.25, 0.3) is 0 Å². The predicted molar refractivity (Wildman–Crippen MR) is 102 cm³/mol. The molecule has 0 fully saturated rings. The van der Waals surface area contributed by atoms with Crippen molar-refractivity contribution in [3.8, 4) is 0 Å². The van der Waals surface area contributed by atoms with E-state index in [1.807, 2.05) is 25.1 Å². The van der Waals surface area contributed by atoms with Crippen molar-refractivity contribution in [2.24, 2.45) is 0 Å². The molecule has 0 aliphatic rings. The van der Waals surface area contributed by atoms with Crippen molar-refractivity contribution in [1.82, 2.24) is 15.0 Å². The van der Waals surface area contributed by atoms with Crippen LogP contribution in [0.4, 0.5) is 17.5 Å². The Bertz CT molecular complexity index is 846. The van der Waals surface area contributed by atoms with Crippen molar-refractivity contribution >= 4 is 17.5 Å². The topological polar surface area (TPSA) is 62.7 Å². The summed E-state index contributed by atoms with van der Waals surface area (Å²) in [5, 5.41) is 6.75. The minimum atomic E-state index is 0.612. The van der Waals surface area contributed by atoms with E-state index in [4.69, 9.17) is 0 Å². The van der Waals surface area contributed by atoms with Crippen molar-refractivity contribution < 1.29 is 0 Å². The van der Waals surface area contributed by atoms with Gasteiger partial charge in [-0.2, -0.15) is 4.98 Å². The van der Waals surface area contributed by atoms with E-state index in [2.05, 4.69) is 57.6 Å². The van der Waals surface area contributed by atoms with Gasteiger partial charge in [-0.15, -0.1) is 0 Å². The summed E-state index contributed by atoms with van der Waals surface area (Å²) in [7, 11) is 0. The summed E-state index contributed by atoms with van der Waals surface area (Å²) in [6.07, 6.45) is 4.54. The highest BCUT2D eigenvalue weighted by Gasteiger charge is 2.08. The summed E-state index contributed by atoms with van der Waals surface area (Å²) >= 11 is 0. The molecule has 0 aliphatic carbocycles. The lowest BCUT2D eigenvalue weighted by Crippen LogP contribution is -2.07. The fourth-order valence-corrected chi connectivity index (χ4v) is 2.72. The Morgan fingerprint density at radius 2 is 1.80 bits per heavy atom. The fourth-order valence-electron chi connectivity index (χ4n) is 2.72. The van der Waals surface area contributed by atoms with Gasteiger partial charge in [-0.3, -0.25) is 4.98 Å². The third kappa shape index (κ3) is 4.32. The van der Waals surface area contributed by atoms with Gasteiger partial charge in [-0.05, 0) is 49.1 Å². The number of rotatable bonds is 6. The lowest BCUT2D eigenvalue weighted by molar-refractivity contribution is 1.05. The molecule has 0 amide bonds. The summed E-state index contributed by atoms with van der Waals surface area (Å²) in [5.41, 5.74) is 5.62. The highest BCUT2D eigenvalue weighted by atomic mass is 15.1. The van der Waals surface area contributed by atoms with Crippen LogP contribution in [0.2, 0.25) is 0 Å². The van der Waals surface area contributed by atoms with Crippen LogP contribution >= 0.6 is 0 Å². The summed E-state index contributed by atoms with van der Waals surface area (Å²) in [4.78, 5) is 13.2. The Morgan fingerprint density at radius 1 is 1.00 bits per heavy atom. The lowest BCUT2D eigenvalue weighted by atomic mass is 10.1. The zero-order valence-electron chi connectivity index (χ0n) is 14.9. The first kappa shape index (κ1) is 16.9. The normalized spacial score (nSPS) is 10.5. The monoisotopic (exact) mass is 333 g/mol. The molecule has 0 atom stereocenters. The van der Waals surface area contributed by atoms with Gasteiger partial charge in [0.1, 0.15) is 5.82 Å². The van der Waals surface area contributed by atoms with Crippen LogP contribution in [0.3, 0.4) is 0 Å². The van der Waals surface area contributed by atoms with Crippen molar-refractivity contribution in [2.75, 3.05) is 10.6 Å². The van der Waals surface area contributed by atoms with Gasteiger partial charge in [0.2, 0.25) is 5.95 Å². The Hall–Kier alpha value is -2.95. The largest absolute Gasteiger partial charge is 0.366 e. The molecule has 128 valence electrons. The van der Waals surface area contributed by atoms with E-state index in [9.17, 15) is 0 Å². The number of aromatic nitrogens is 3. The van der Waals surface area contributed by atoms with E-state index in [0.29, 0.717) is 12.5 Å². The van der Waals surface area contributed by atoms with Crippen LogP contribution in [0.15, 0.2) is 48.8 Å². The molecule has 0 saturated carbocycles. The van der Waals surface area contributed by atoms with Crippen LogP contribution in [0.1, 0.15) is 29.3 Å². The summed E-state index contributed by atoms with van der Waals surface area (Å²) in [5.74, 6) is 1.42. The maximum Gasteiger partial charge on any atom is 0.229 e. The van der Waals surface area contributed by atoms with Crippen LogP contribution in [0.5, 0.6) is 0 Å². The number of aryl methyl sites for hydroxylation is 3. The van der Waals surface area contributed by atoms with Crippen molar-refractivity contribution in [3.05, 3.63) is 71.2 Å². The number of anilines is 3. The average molecular weight is 333 g/mol. The quantitative estimate of drug-likeness (QED) is 0.700. The van der Waals surface area contributed by atoms with Gasteiger partial charge < -0.3 is 10.6 Å². The molecule has 2 aromatic heterocycles. The molecule has 0 aliphatic heterocycles. The molecule has 0 unspecified atom stereocenters. The Morgan fingerprint density at radius 3 is 2.56 bits per heavy atom. The minimum absolute atomic E-state index is 0.612. The number of benzene rings is 1. The molecule has 0 spiro atoms. The van der Waals surface area contributed by atoms with Gasteiger partial charge in [0.15, 0.2) is 0 Å². The van der Waals surface area contributed by atoms with Gasteiger partial charge in [0.05, 0.1) is 0 Å². The van der Waals surface area contributed by atoms with Gasteiger partial charge in [0, 0.05) is 36.4 Å². The second-order valence-electron chi connectivity index (χ2n) is 6.01. The first-order valence-electron chi connectivity index (χ1n) is 8.49. The molecule has 2 N–H and O–H groups in total. The maximum atomic E-state index is 4.61. The van der Waals surface area contributed by atoms with Gasteiger partial charge >= 0.3 is 0 Å². The van der Waals surface area contributed by atoms with E-state index in [1.54, 1.807) is 12.4 Å². The van der Waals surface area contributed by atoms with E-state index in [0.717, 1.165) is 29.2 Å². The molecule has 0 saturated heterocycles. The zero-order valence-corrected chi connectivity index (χ0v) is 14.9. The number of nitrogens with one attached hydrogen (secondary N) is 2. The van der Waals surface area contributed by atoms with Crippen LogP contribution in [0.25, 0.3) is 0 Å². The molecule has 3 aromatic rings. The number of nitrogens with zero attached hydrogens (tertiary/aromatic N) is 3. The summed E-state index contributed by atoms with van der Waals surface area (Å²) in [6, 6.07) is 12.2. The first-order valence-corrected chi connectivity index (χ1v) is 8.49. The molecule has 2 heterocycles. The van der Waals surface area contributed by atoms with Crippen LogP contribution in [-0.4, -0.2) is 15.0 Å². The predicted octanol–water partition coefficient (Wildman–Crippen LogP) is 4.41. The SMILES string of the molecule is CCc1cccc(C)c1Nc1nc(C)cc(NCc2ccncc2)n1. The maximum absolute atomic E-state index is 4.61. The Kier molecular flexibility index (Phi) is 5.23. The number of para-hydroxylation sites is 1. The molecular weight excluding hydrogens is 310 g/mol. The van der Waals surface area contributed by atoms with Crippen LogP contribution in [-0.2, 0) is 13.0 Å². The van der Waals surface area contributed by atoms with Crippen molar-refractivity contribution in [2.45, 2.75) is 33.7 Å². The molecule has 0 radical (unpaired) electrons. The molecular formula is C20H23N5.